The molecule has 12 nitrogen and oxygen atoms in total. The average molecular weight is 852 g/mol. The van der Waals surface area contributed by atoms with Gasteiger partial charge in [0.2, 0.25) is 11.8 Å². The lowest BCUT2D eigenvalue weighted by molar-refractivity contribution is -0.143. The number of para-hydroxylation sites is 1. The maximum Gasteiger partial charge on any atom is 0.407 e. The number of hydroxylamine groups is 1. The van der Waals surface area contributed by atoms with Gasteiger partial charge >= 0.3 is 6.09 Å². The number of hydrogen-bond acceptors (Lipinski definition) is 8. The summed E-state index contributed by atoms with van der Waals surface area (Å²) < 4.78 is 5.03. The SMILES string of the molecule is C=CCOC(=O)NCCC(NC(=O)C(C(C)CC)N(C)C(=O)C1CCCN1)C(=O)NOc1ccccc1C(O)(c1ccccc1)c1ccc(C2CCCCCCCCCC2)cc1. The fourth-order valence-electron chi connectivity index (χ4n) is 8.85. The third-order valence-electron chi connectivity index (χ3n) is 12.6. The average Bonchev–Trinajstić information content (AvgIpc) is 3.83. The van der Waals surface area contributed by atoms with Crippen molar-refractivity contribution in [1.29, 1.82) is 0 Å². The van der Waals surface area contributed by atoms with Crippen molar-refractivity contribution in [3.63, 3.8) is 0 Å². The summed E-state index contributed by atoms with van der Waals surface area (Å²) in [5, 5.41) is 21.7. The molecule has 5 unspecified atom stereocenters. The lowest BCUT2D eigenvalue weighted by Gasteiger charge is -2.34. The van der Waals surface area contributed by atoms with E-state index in [-0.39, 0.29) is 43.2 Å². The van der Waals surface area contributed by atoms with Crippen LogP contribution in [0.5, 0.6) is 5.75 Å². The van der Waals surface area contributed by atoms with Crippen molar-refractivity contribution in [2.24, 2.45) is 5.92 Å². The minimum absolute atomic E-state index is 0.00647. The number of rotatable bonds is 18. The van der Waals surface area contributed by atoms with E-state index in [4.69, 9.17) is 9.57 Å². The Hall–Kier alpha value is -5.20. The van der Waals surface area contributed by atoms with Gasteiger partial charge in [0.25, 0.3) is 5.91 Å². The number of carbonyl (C=O) groups excluding carboxylic acids is 4. The highest BCUT2D eigenvalue weighted by Crippen LogP contribution is 2.42. The summed E-state index contributed by atoms with van der Waals surface area (Å²) in [5.74, 6) is -0.960. The van der Waals surface area contributed by atoms with Gasteiger partial charge in [0.05, 0.1) is 6.04 Å². The zero-order valence-electron chi connectivity index (χ0n) is 37.0. The van der Waals surface area contributed by atoms with Crippen LogP contribution in [0.1, 0.15) is 132 Å². The van der Waals surface area contributed by atoms with Crippen molar-refractivity contribution >= 4 is 23.8 Å². The van der Waals surface area contributed by atoms with Gasteiger partial charge in [0.1, 0.15) is 24.3 Å². The second-order valence-corrected chi connectivity index (χ2v) is 17.0. The molecular formula is C50H69N5O7. The molecule has 1 aliphatic carbocycles. The Bertz CT molecular complexity index is 1870. The number of aliphatic hydroxyl groups is 1. The summed E-state index contributed by atoms with van der Waals surface area (Å²) in [6, 6.07) is 22.2. The van der Waals surface area contributed by atoms with Gasteiger partial charge in [-0.1, -0.05) is 157 Å². The molecule has 0 radical (unpaired) electrons. The summed E-state index contributed by atoms with van der Waals surface area (Å²) in [4.78, 5) is 61.5. The molecule has 0 spiro atoms. The van der Waals surface area contributed by atoms with Gasteiger partial charge in [-0.2, -0.15) is 5.48 Å². The van der Waals surface area contributed by atoms with Crippen LogP contribution in [-0.4, -0.2) is 78.7 Å². The Kier molecular flexibility index (Phi) is 18.9. The van der Waals surface area contributed by atoms with Gasteiger partial charge in [-0.15, -0.1) is 0 Å². The van der Waals surface area contributed by atoms with Gasteiger partial charge in [-0.05, 0) is 73.2 Å². The molecular weight excluding hydrogens is 783 g/mol. The van der Waals surface area contributed by atoms with Crippen LogP contribution in [0.3, 0.4) is 0 Å². The number of amides is 4. The lowest BCUT2D eigenvalue weighted by atomic mass is 9.79. The first kappa shape index (κ1) is 47.8. The third kappa shape index (κ3) is 12.9. The van der Waals surface area contributed by atoms with Crippen LogP contribution >= 0.6 is 0 Å². The summed E-state index contributed by atoms with van der Waals surface area (Å²) in [5.41, 5.74) is 3.81. The minimum Gasteiger partial charge on any atom is -0.445 e. The van der Waals surface area contributed by atoms with E-state index in [9.17, 15) is 24.3 Å². The van der Waals surface area contributed by atoms with E-state index in [2.05, 4.69) is 40.1 Å². The first-order valence-corrected chi connectivity index (χ1v) is 22.8. The maximum atomic E-state index is 14.1. The molecule has 1 heterocycles. The fourth-order valence-corrected chi connectivity index (χ4v) is 8.85. The summed E-state index contributed by atoms with van der Waals surface area (Å²) in [7, 11) is 1.62. The van der Waals surface area contributed by atoms with Gasteiger partial charge in [-0.3, -0.25) is 14.4 Å². The standard InChI is InChI=1S/C50H69N5O7/c1-5-35-61-49(59)52-34-32-42(53-47(57)45(36(3)6-2)55(4)48(58)43-26-20-33-51-43)46(56)54-62-44-27-19-18-25-41(44)50(60,39-23-16-13-17-24-39)40-30-28-38(29-31-40)37-21-14-11-9-7-8-10-12-15-22-37/h5,13,16-19,23-25,27-31,36-37,42-43,45,51,60H,1,6-12,14-15,20-22,26,32-35H2,2-4H3,(H,52,59)(H,53,57)(H,54,56). The fraction of sp³-hybridized carbons (Fsp3) is 0.520. The van der Waals surface area contributed by atoms with Crippen molar-refractivity contribution in [2.75, 3.05) is 26.7 Å². The molecule has 3 aromatic rings. The van der Waals surface area contributed by atoms with Crippen LogP contribution in [0.4, 0.5) is 4.79 Å². The molecule has 3 aromatic carbocycles. The Morgan fingerprint density at radius 3 is 2.11 bits per heavy atom. The number of nitrogens with zero attached hydrogens (tertiary/aromatic N) is 1. The highest BCUT2D eigenvalue weighted by molar-refractivity contribution is 5.93. The van der Waals surface area contributed by atoms with E-state index in [0.29, 0.717) is 35.4 Å². The lowest BCUT2D eigenvalue weighted by Crippen LogP contribution is -2.58. The van der Waals surface area contributed by atoms with E-state index in [1.165, 1.54) is 67.9 Å². The van der Waals surface area contributed by atoms with Gasteiger partial charge in [0.15, 0.2) is 5.75 Å². The molecule has 12 heteroatoms. The molecule has 0 aromatic heterocycles. The van der Waals surface area contributed by atoms with Gasteiger partial charge in [-0.25, -0.2) is 4.79 Å². The second kappa shape index (κ2) is 24.4. The zero-order valence-corrected chi connectivity index (χ0v) is 37.0. The van der Waals surface area contributed by atoms with Crippen molar-refractivity contribution in [3.05, 3.63) is 114 Å². The number of ether oxygens (including phenoxy) is 1. The highest BCUT2D eigenvalue weighted by atomic mass is 16.7. The summed E-state index contributed by atoms with van der Waals surface area (Å²) in [6.45, 7) is 8.10. The highest BCUT2D eigenvalue weighted by Gasteiger charge is 2.39. The van der Waals surface area contributed by atoms with E-state index in [0.717, 1.165) is 25.8 Å². The number of nitrogens with one attached hydrogen (secondary N) is 4. The quantitative estimate of drug-likeness (QED) is 0.0493. The molecule has 1 aliphatic heterocycles. The molecule has 2 fully saturated rings. The molecule has 1 saturated carbocycles. The van der Waals surface area contributed by atoms with Crippen molar-refractivity contribution in [3.8, 4) is 5.75 Å². The predicted molar refractivity (Wildman–Crippen MR) is 242 cm³/mol. The van der Waals surface area contributed by atoms with Gasteiger partial charge in [0, 0.05) is 19.2 Å². The first-order valence-electron chi connectivity index (χ1n) is 22.8. The van der Waals surface area contributed by atoms with E-state index in [1.807, 2.05) is 62.4 Å². The Labute approximate surface area is 368 Å². The Morgan fingerprint density at radius 1 is 0.855 bits per heavy atom. The molecule has 0 bridgehead atoms. The minimum atomic E-state index is -1.67. The molecule has 1 saturated heterocycles. The Morgan fingerprint density at radius 2 is 1.48 bits per heavy atom. The second-order valence-electron chi connectivity index (χ2n) is 17.0. The van der Waals surface area contributed by atoms with Crippen LogP contribution in [0.15, 0.2) is 91.5 Å². The van der Waals surface area contributed by atoms with Crippen LogP contribution in [0, 0.1) is 5.92 Å². The van der Waals surface area contributed by atoms with Crippen molar-refractivity contribution in [1.82, 2.24) is 26.3 Å². The van der Waals surface area contributed by atoms with Crippen LogP contribution in [0.25, 0.3) is 0 Å². The third-order valence-corrected chi connectivity index (χ3v) is 12.6. The number of likely N-dealkylation sites (N-methyl/N-ethyl adjacent to an activating group) is 1. The molecule has 2 aliphatic rings. The monoisotopic (exact) mass is 852 g/mol. The molecule has 4 amide bonds. The molecule has 5 rings (SSSR count). The first-order chi connectivity index (χ1) is 30.1. The number of benzene rings is 3. The summed E-state index contributed by atoms with van der Waals surface area (Å²) in [6.07, 6.45) is 15.4. The molecule has 5 N–H and O–H groups in total. The largest absolute Gasteiger partial charge is 0.445 e. The summed E-state index contributed by atoms with van der Waals surface area (Å²) >= 11 is 0. The van der Waals surface area contributed by atoms with Crippen LogP contribution in [0.2, 0.25) is 0 Å². The predicted octanol–water partition coefficient (Wildman–Crippen LogP) is 7.79. The number of hydrogen-bond donors (Lipinski definition) is 5. The number of carbonyl (C=O) groups is 4. The van der Waals surface area contributed by atoms with Crippen LogP contribution in [-0.2, 0) is 24.7 Å². The number of alkyl carbamates (subject to hydrolysis) is 1. The smallest absolute Gasteiger partial charge is 0.407 e. The van der Waals surface area contributed by atoms with E-state index in [1.54, 1.807) is 25.2 Å². The maximum absolute atomic E-state index is 14.1. The molecule has 336 valence electrons. The van der Waals surface area contributed by atoms with Crippen LogP contribution < -0.4 is 26.3 Å². The molecule has 5 atom stereocenters. The Balaban J connectivity index is 1.39. The van der Waals surface area contributed by atoms with Crippen molar-refractivity contribution in [2.45, 2.75) is 133 Å². The van der Waals surface area contributed by atoms with Crippen molar-refractivity contribution < 1.29 is 33.9 Å². The zero-order chi connectivity index (χ0) is 44.3. The van der Waals surface area contributed by atoms with E-state index >= 15 is 0 Å². The van der Waals surface area contributed by atoms with Gasteiger partial charge < -0.3 is 35.5 Å². The normalized spacial score (nSPS) is 18.7. The topological polar surface area (TPSA) is 158 Å². The molecule has 62 heavy (non-hydrogen) atoms. The van der Waals surface area contributed by atoms with E-state index < -0.39 is 35.6 Å².